The molecule has 1 atom stereocenters. The maximum Gasteiger partial charge on any atom is 0.417 e. The van der Waals surface area contributed by atoms with E-state index in [-0.39, 0.29) is 5.91 Å². The Labute approximate surface area is 126 Å². The van der Waals surface area contributed by atoms with Crippen LogP contribution in [0.25, 0.3) is 0 Å². The summed E-state index contributed by atoms with van der Waals surface area (Å²) in [6.07, 6.45) is -0.975. The molecule has 1 amide bonds. The summed E-state index contributed by atoms with van der Waals surface area (Å²) in [6, 6.07) is 2.43. The normalized spacial score (nSPS) is 26.1. The van der Waals surface area contributed by atoms with Crippen LogP contribution in [0.4, 0.5) is 19.0 Å². The van der Waals surface area contributed by atoms with Gasteiger partial charge in [0.1, 0.15) is 5.82 Å². The Bertz CT molecular complexity index is 572. The van der Waals surface area contributed by atoms with Gasteiger partial charge in [-0.3, -0.25) is 4.79 Å². The van der Waals surface area contributed by atoms with Crippen LogP contribution in [0.1, 0.15) is 24.8 Å². The quantitative estimate of drug-likeness (QED) is 0.799. The number of carbonyl (C=O) groups excluding carboxylic acids is 1. The van der Waals surface area contributed by atoms with Crippen molar-refractivity contribution in [3.8, 4) is 0 Å². The lowest BCUT2D eigenvalue weighted by Gasteiger charge is -2.37. The van der Waals surface area contributed by atoms with E-state index in [1.807, 2.05) is 11.9 Å². The Balaban J connectivity index is 1.76. The van der Waals surface area contributed by atoms with Crippen LogP contribution < -0.4 is 4.90 Å². The van der Waals surface area contributed by atoms with Crippen molar-refractivity contribution in [1.82, 2.24) is 9.88 Å². The van der Waals surface area contributed by atoms with Gasteiger partial charge in [0.25, 0.3) is 0 Å². The first-order chi connectivity index (χ1) is 10.3. The molecule has 3 rings (SSSR count). The fourth-order valence-corrected chi connectivity index (χ4v) is 3.46. The summed E-state index contributed by atoms with van der Waals surface area (Å²) in [5.41, 5.74) is -1.14. The van der Waals surface area contributed by atoms with Crippen LogP contribution in [-0.4, -0.2) is 42.5 Å². The molecule has 0 bridgehead atoms. The minimum absolute atomic E-state index is 0.146. The molecule has 2 fully saturated rings. The number of carbonyl (C=O) groups is 1. The van der Waals surface area contributed by atoms with Crippen molar-refractivity contribution in [3.05, 3.63) is 23.9 Å². The van der Waals surface area contributed by atoms with Crippen LogP contribution in [0.2, 0.25) is 0 Å². The fourth-order valence-electron chi connectivity index (χ4n) is 3.46. The van der Waals surface area contributed by atoms with Crippen molar-refractivity contribution in [2.45, 2.75) is 25.4 Å². The number of nitrogens with zero attached hydrogens (tertiary/aromatic N) is 3. The van der Waals surface area contributed by atoms with Gasteiger partial charge in [-0.05, 0) is 31.4 Å². The predicted molar refractivity (Wildman–Crippen MR) is 75.4 cm³/mol. The minimum Gasteiger partial charge on any atom is -0.356 e. The second kappa shape index (κ2) is 5.14. The number of pyridine rings is 1. The Hall–Kier alpha value is -1.79. The molecule has 2 saturated heterocycles. The number of piperidine rings is 1. The Morgan fingerprint density at radius 3 is 2.64 bits per heavy atom. The van der Waals surface area contributed by atoms with Gasteiger partial charge >= 0.3 is 6.18 Å². The van der Waals surface area contributed by atoms with Gasteiger partial charge in [-0.15, -0.1) is 0 Å². The van der Waals surface area contributed by atoms with Gasteiger partial charge in [-0.2, -0.15) is 13.2 Å². The molecular weight excluding hydrogens is 295 g/mol. The molecule has 1 spiro atoms. The maximum atomic E-state index is 12.6. The number of hydrogen-bond acceptors (Lipinski definition) is 3. The second-order valence-electron chi connectivity index (χ2n) is 6.18. The van der Waals surface area contributed by atoms with Crippen molar-refractivity contribution in [1.29, 1.82) is 0 Å². The monoisotopic (exact) mass is 313 g/mol. The van der Waals surface area contributed by atoms with Crippen molar-refractivity contribution < 1.29 is 18.0 Å². The summed E-state index contributed by atoms with van der Waals surface area (Å²) in [4.78, 5) is 20.0. The van der Waals surface area contributed by atoms with Crippen LogP contribution in [0.15, 0.2) is 18.3 Å². The zero-order chi connectivity index (χ0) is 16.0. The first-order valence-electron chi connectivity index (χ1n) is 7.36. The van der Waals surface area contributed by atoms with Crippen molar-refractivity contribution in [2.75, 3.05) is 31.6 Å². The third-order valence-electron chi connectivity index (χ3n) is 4.70. The van der Waals surface area contributed by atoms with Crippen LogP contribution >= 0.6 is 0 Å². The van der Waals surface area contributed by atoms with Gasteiger partial charge < -0.3 is 9.80 Å². The van der Waals surface area contributed by atoms with E-state index in [1.165, 1.54) is 6.07 Å². The van der Waals surface area contributed by atoms with E-state index < -0.39 is 17.2 Å². The predicted octanol–water partition coefficient (Wildman–Crippen LogP) is 2.55. The molecular formula is C15H18F3N3O. The second-order valence-corrected chi connectivity index (χ2v) is 6.18. The molecule has 2 aliphatic heterocycles. The molecule has 22 heavy (non-hydrogen) atoms. The van der Waals surface area contributed by atoms with Crippen LogP contribution in [-0.2, 0) is 11.0 Å². The van der Waals surface area contributed by atoms with Crippen molar-refractivity contribution >= 4 is 11.7 Å². The largest absolute Gasteiger partial charge is 0.417 e. The SMILES string of the molecule is CN1CCCC2(CCN(c3ccc(C(F)(F)F)cn3)C2)C1=O. The molecule has 0 aliphatic carbocycles. The smallest absolute Gasteiger partial charge is 0.356 e. The van der Waals surface area contributed by atoms with Crippen LogP contribution in [0, 0.1) is 5.41 Å². The Morgan fingerprint density at radius 2 is 2.00 bits per heavy atom. The summed E-state index contributed by atoms with van der Waals surface area (Å²) in [6.45, 7) is 1.96. The zero-order valence-electron chi connectivity index (χ0n) is 12.4. The molecule has 120 valence electrons. The lowest BCUT2D eigenvalue weighted by atomic mass is 9.78. The minimum atomic E-state index is -4.38. The van der Waals surface area contributed by atoms with E-state index in [9.17, 15) is 18.0 Å². The van der Waals surface area contributed by atoms with Crippen LogP contribution in [0.5, 0.6) is 0 Å². The third kappa shape index (κ3) is 2.53. The fraction of sp³-hybridized carbons (Fsp3) is 0.600. The molecule has 0 aromatic carbocycles. The summed E-state index contributed by atoms with van der Waals surface area (Å²) < 4.78 is 37.7. The molecule has 1 aromatic rings. The molecule has 2 aliphatic rings. The number of aromatic nitrogens is 1. The van der Waals surface area contributed by atoms with E-state index in [0.717, 1.165) is 38.1 Å². The highest BCUT2D eigenvalue weighted by atomic mass is 19.4. The number of hydrogen-bond donors (Lipinski definition) is 0. The molecule has 0 saturated carbocycles. The first kappa shape index (κ1) is 15.1. The highest BCUT2D eigenvalue weighted by molar-refractivity contribution is 5.84. The summed E-state index contributed by atoms with van der Waals surface area (Å²) in [5.74, 6) is 0.652. The van der Waals surface area contributed by atoms with E-state index in [1.54, 1.807) is 4.90 Å². The molecule has 1 unspecified atom stereocenters. The number of likely N-dealkylation sites (tertiary alicyclic amines) is 1. The average Bonchev–Trinajstić information content (AvgIpc) is 2.89. The highest BCUT2D eigenvalue weighted by Crippen LogP contribution is 2.41. The van der Waals surface area contributed by atoms with Gasteiger partial charge in [0.15, 0.2) is 0 Å². The van der Waals surface area contributed by atoms with Gasteiger partial charge in [0, 0.05) is 32.9 Å². The van der Waals surface area contributed by atoms with E-state index in [4.69, 9.17) is 0 Å². The van der Waals surface area contributed by atoms with Gasteiger partial charge in [0.05, 0.1) is 11.0 Å². The van der Waals surface area contributed by atoms with Crippen molar-refractivity contribution in [2.24, 2.45) is 5.41 Å². The number of anilines is 1. The summed E-state index contributed by atoms with van der Waals surface area (Å²) in [5, 5.41) is 0. The number of amides is 1. The van der Waals surface area contributed by atoms with E-state index in [2.05, 4.69) is 4.98 Å². The zero-order valence-corrected chi connectivity index (χ0v) is 12.4. The van der Waals surface area contributed by atoms with Gasteiger partial charge in [-0.1, -0.05) is 0 Å². The molecule has 0 radical (unpaired) electrons. The Kier molecular flexibility index (Phi) is 3.53. The molecule has 3 heterocycles. The lowest BCUT2D eigenvalue weighted by Crippen LogP contribution is -2.48. The molecule has 0 N–H and O–H groups in total. The molecule has 4 nitrogen and oxygen atoms in total. The van der Waals surface area contributed by atoms with Gasteiger partial charge in [0.2, 0.25) is 5.91 Å². The van der Waals surface area contributed by atoms with Crippen LogP contribution in [0.3, 0.4) is 0 Å². The van der Waals surface area contributed by atoms with E-state index in [0.29, 0.717) is 18.9 Å². The number of alkyl halides is 3. The van der Waals surface area contributed by atoms with E-state index >= 15 is 0 Å². The lowest BCUT2D eigenvalue weighted by molar-refractivity contribution is -0.143. The first-order valence-corrected chi connectivity index (χ1v) is 7.36. The van der Waals surface area contributed by atoms with Crippen molar-refractivity contribution in [3.63, 3.8) is 0 Å². The number of halogens is 3. The standard InChI is InChI=1S/C15H18F3N3O/c1-20-7-2-5-14(13(20)22)6-8-21(10-14)12-4-3-11(9-19-12)15(16,17)18/h3-4,9H,2,5-8,10H2,1H3. The summed E-state index contributed by atoms with van der Waals surface area (Å²) >= 11 is 0. The number of rotatable bonds is 1. The maximum absolute atomic E-state index is 12.6. The third-order valence-corrected chi connectivity index (χ3v) is 4.70. The topological polar surface area (TPSA) is 36.4 Å². The Morgan fingerprint density at radius 1 is 1.23 bits per heavy atom. The van der Waals surface area contributed by atoms with Gasteiger partial charge in [-0.25, -0.2) is 4.98 Å². The summed E-state index contributed by atoms with van der Waals surface area (Å²) in [7, 11) is 1.81. The average molecular weight is 313 g/mol. The highest BCUT2D eigenvalue weighted by Gasteiger charge is 2.47. The molecule has 7 heteroatoms. The molecule has 1 aromatic heterocycles.